The molecule has 182 valence electrons. The van der Waals surface area contributed by atoms with Crippen molar-refractivity contribution in [1.29, 1.82) is 0 Å². The molecule has 39 heavy (non-hydrogen) atoms. The molecule has 0 aliphatic heterocycles. The summed E-state index contributed by atoms with van der Waals surface area (Å²) in [7, 11) is 0. The number of fused-ring (bicyclic) bond motifs is 5. The van der Waals surface area contributed by atoms with Gasteiger partial charge < -0.3 is 4.42 Å². The topological polar surface area (TPSA) is 13.1 Å². The number of rotatable bonds is 3. The van der Waals surface area contributed by atoms with Gasteiger partial charge in [0.15, 0.2) is 0 Å². The van der Waals surface area contributed by atoms with Crippen molar-refractivity contribution in [2.75, 3.05) is 0 Å². The molecule has 0 bridgehead atoms. The minimum atomic E-state index is -0.453. The van der Waals surface area contributed by atoms with E-state index >= 15 is 0 Å². The Bertz CT molecular complexity index is 2620. The van der Waals surface area contributed by atoms with Crippen LogP contribution in [-0.2, 0) is 0 Å². The predicted octanol–water partition coefficient (Wildman–Crippen LogP) is 10.9. The van der Waals surface area contributed by atoms with Gasteiger partial charge in [0.25, 0.3) is 0 Å². The molecule has 0 amide bonds. The van der Waals surface area contributed by atoms with Crippen LogP contribution >= 0.6 is 0 Å². The second-order valence-electron chi connectivity index (χ2n) is 9.33. The van der Waals surface area contributed by atoms with Gasteiger partial charge in [0.2, 0.25) is 0 Å². The monoisotopic (exact) mass is 506 g/mol. The molecule has 1 heteroatoms. The van der Waals surface area contributed by atoms with Gasteiger partial charge in [-0.25, -0.2) is 0 Å². The van der Waals surface area contributed by atoms with Gasteiger partial charge in [0.1, 0.15) is 11.2 Å². The van der Waals surface area contributed by atoms with E-state index in [-0.39, 0.29) is 35.3 Å². The van der Waals surface area contributed by atoms with Crippen molar-refractivity contribution in [3.05, 3.63) is 145 Å². The van der Waals surface area contributed by atoms with E-state index in [1.54, 1.807) is 12.1 Å². The van der Waals surface area contributed by atoms with Crippen LogP contribution in [0.25, 0.3) is 76.9 Å². The molecule has 0 radical (unpaired) electrons. The largest absolute Gasteiger partial charge is 0.456 e. The Morgan fingerprint density at radius 3 is 1.67 bits per heavy atom. The lowest BCUT2D eigenvalue weighted by Gasteiger charge is -2.18. The zero-order chi connectivity index (χ0) is 34.5. The van der Waals surface area contributed by atoms with Crippen molar-refractivity contribution in [3.63, 3.8) is 0 Å². The van der Waals surface area contributed by atoms with Gasteiger partial charge in [-0.15, -0.1) is 0 Å². The van der Waals surface area contributed by atoms with Gasteiger partial charge in [-0.1, -0.05) is 127 Å². The SMILES string of the molecule is [2H]c1c([2H])c([2H])c(-c2ccc3c(c2)oc2cccc(-c4c5ccccc5c(-c5c([2H])c([2H])c([2H])c([2H])c5[2H])c5ccccc45)c23)c([2H])c1[2H]. The lowest BCUT2D eigenvalue weighted by atomic mass is 9.85. The summed E-state index contributed by atoms with van der Waals surface area (Å²) in [6.07, 6.45) is 0. The fourth-order valence-corrected chi connectivity index (χ4v) is 5.65. The van der Waals surface area contributed by atoms with E-state index in [2.05, 4.69) is 0 Å². The molecular weight excluding hydrogens is 472 g/mol. The quantitative estimate of drug-likeness (QED) is 0.217. The highest BCUT2D eigenvalue weighted by molar-refractivity contribution is 6.25. The van der Waals surface area contributed by atoms with Crippen molar-refractivity contribution in [2.24, 2.45) is 0 Å². The molecule has 8 rings (SSSR count). The summed E-state index contributed by atoms with van der Waals surface area (Å²) in [6.45, 7) is 0. The normalized spacial score (nSPS) is 15.2. The van der Waals surface area contributed by atoms with Crippen LogP contribution in [0.1, 0.15) is 13.7 Å². The third kappa shape index (κ3) is 3.41. The number of furan rings is 1. The van der Waals surface area contributed by atoms with E-state index < -0.39 is 36.3 Å². The lowest BCUT2D eigenvalue weighted by Crippen LogP contribution is -1.91. The first-order valence-electron chi connectivity index (χ1n) is 17.5. The molecule has 1 nitrogen and oxygen atoms in total. The standard InChI is InChI=1S/C38H24O/c1-3-12-25(13-4-1)27-22-23-32-35(24-27)39-34-21-11-20-33(38(32)34)37-30-18-9-7-16-28(30)36(26-14-5-2-6-15-26)29-17-8-10-19-31(29)37/h1-24H/i1D,2D,3D,4D,5D,6D,12D,13D,14D,15D. The molecule has 0 aliphatic rings. The third-order valence-electron chi connectivity index (χ3n) is 7.24. The third-order valence-corrected chi connectivity index (χ3v) is 7.24. The Kier molecular flexibility index (Phi) is 3.16. The summed E-state index contributed by atoms with van der Waals surface area (Å²) in [4.78, 5) is 0. The van der Waals surface area contributed by atoms with Crippen LogP contribution in [0.2, 0.25) is 0 Å². The maximum atomic E-state index is 8.82. The molecule has 0 saturated carbocycles. The summed E-state index contributed by atoms with van der Waals surface area (Å²) >= 11 is 0. The number of hydrogen-bond donors (Lipinski definition) is 0. The Morgan fingerprint density at radius 1 is 0.436 bits per heavy atom. The fraction of sp³-hybridized carbons (Fsp3) is 0. The average molecular weight is 507 g/mol. The van der Waals surface area contributed by atoms with Crippen molar-refractivity contribution in [1.82, 2.24) is 0 Å². The van der Waals surface area contributed by atoms with Crippen molar-refractivity contribution in [3.8, 4) is 33.4 Å². The molecule has 7 aromatic carbocycles. The molecule has 1 aromatic heterocycles. The lowest BCUT2D eigenvalue weighted by molar-refractivity contribution is 0.669. The molecule has 0 spiro atoms. The van der Waals surface area contributed by atoms with Crippen molar-refractivity contribution in [2.45, 2.75) is 0 Å². The molecule has 0 unspecified atom stereocenters. The fourth-order valence-electron chi connectivity index (χ4n) is 5.65. The van der Waals surface area contributed by atoms with Crippen molar-refractivity contribution >= 4 is 43.5 Å². The van der Waals surface area contributed by atoms with Crippen LogP contribution in [0, 0.1) is 0 Å². The maximum absolute atomic E-state index is 8.82. The Balaban J connectivity index is 1.45. The highest BCUT2D eigenvalue weighted by atomic mass is 16.3. The van der Waals surface area contributed by atoms with E-state index in [0.29, 0.717) is 22.3 Å². The Labute approximate surface area is 240 Å². The molecule has 0 saturated heterocycles. The molecule has 0 atom stereocenters. The average Bonchev–Trinajstić information content (AvgIpc) is 3.50. The van der Waals surface area contributed by atoms with Gasteiger partial charge in [0.05, 0.1) is 13.7 Å². The van der Waals surface area contributed by atoms with Crippen LogP contribution in [0.5, 0.6) is 0 Å². The second-order valence-corrected chi connectivity index (χ2v) is 9.33. The number of benzene rings is 7. The minimum Gasteiger partial charge on any atom is -0.456 e. The van der Waals surface area contributed by atoms with Gasteiger partial charge in [0, 0.05) is 10.8 Å². The highest BCUT2D eigenvalue weighted by Gasteiger charge is 2.20. The summed E-state index contributed by atoms with van der Waals surface area (Å²) in [5, 5.41) is 4.67. The molecular formula is C38H24O. The Hall–Kier alpha value is -5.14. The van der Waals surface area contributed by atoms with E-state index in [0.717, 1.165) is 43.4 Å². The summed E-state index contributed by atoms with van der Waals surface area (Å²) in [6, 6.07) is 22.7. The van der Waals surface area contributed by atoms with E-state index in [9.17, 15) is 0 Å². The van der Waals surface area contributed by atoms with Crippen LogP contribution in [0.3, 0.4) is 0 Å². The van der Waals surface area contributed by atoms with E-state index in [4.69, 9.17) is 18.1 Å². The summed E-state index contributed by atoms with van der Waals surface area (Å²) in [5.74, 6) is 0. The zero-order valence-electron chi connectivity index (χ0n) is 30.5. The van der Waals surface area contributed by atoms with Crippen LogP contribution in [0.15, 0.2) is 150 Å². The first-order chi connectivity index (χ1) is 23.5. The minimum absolute atomic E-state index is 0.0915. The maximum Gasteiger partial charge on any atom is 0.136 e. The molecule has 1 heterocycles. The molecule has 0 N–H and O–H groups in total. The van der Waals surface area contributed by atoms with Gasteiger partial charge in [-0.2, -0.15) is 0 Å². The van der Waals surface area contributed by atoms with Crippen LogP contribution in [-0.4, -0.2) is 0 Å². The van der Waals surface area contributed by atoms with Crippen LogP contribution < -0.4 is 0 Å². The highest BCUT2D eigenvalue weighted by Crippen LogP contribution is 2.46. The van der Waals surface area contributed by atoms with Crippen molar-refractivity contribution < 1.29 is 18.1 Å². The van der Waals surface area contributed by atoms with Gasteiger partial charge in [-0.3, -0.25) is 0 Å². The van der Waals surface area contributed by atoms with Crippen LogP contribution in [0.4, 0.5) is 0 Å². The van der Waals surface area contributed by atoms with E-state index in [1.807, 2.05) is 72.8 Å². The second kappa shape index (κ2) is 8.72. The molecule has 8 aromatic rings. The summed E-state index contributed by atoms with van der Waals surface area (Å²) < 4.78 is 90.1. The Morgan fingerprint density at radius 2 is 1.03 bits per heavy atom. The first-order valence-corrected chi connectivity index (χ1v) is 12.5. The predicted molar refractivity (Wildman–Crippen MR) is 165 cm³/mol. The van der Waals surface area contributed by atoms with Gasteiger partial charge in [-0.05, 0) is 73.1 Å². The smallest absolute Gasteiger partial charge is 0.136 e. The molecule has 0 fully saturated rings. The molecule has 0 aliphatic carbocycles. The first kappa shape index (κ1) is 14.1. The summed E-state index contributed by atoms with van der Waals surface area (Å²) in [5.41, 5.74) is 4.02. The number of hydrogen-bond acceptors (Lipinski definition) is 1. The zero-order valence-corrected chi connectivity index (χ0v) is 20.5. The van der Waals surface area contributed by atoms with Gasteiger partial charge >= 0.3 is 0 Å². The van der Waals surface area contributed by atoms with E-state index in [1.165, 1.54) is 0 Å².